The number of amides is 22. The molecule has 3 aliphatic rings. The summed E-state index contributed by atoms with van der Waals surface area (Å²) >= 11 is 0. The van der Waals surface area contributed by atoms with E-state index in [2.05, 4.69) is 117 Å². The summed E-state index contributed by atoms with van der Waals surface area (Å²) < 4.78 is 0. The van der Waals surface area contributed by atoms with E-state index in [9.17, 15) is 87.2 Å². The number of aliphatic hydroxyl groups excluding tert-OH is 1. The van der Waals surface area contributed by atoms with Gasteiger partial charge in [0.25, 0.3) is 0 Å². The van der Waals surface area contributed by atoms with Crippen molar-refractivity contribution in [1.82, 2.24) is 117 Å². The Balaban J connectivity index is 1.31. The zero-order valence-corrected chi connectivity index (χ0v) is 87.3. The first kappa shape index (κ1) is 121. The van der Waals surface area contributed by atoms with Crippen molar-refractivity contribution in [2.45, 2.75) is 223 Å². The lowest BCUT2D eigenvalue weighted by atomic mass is 9.96. The molecule has 27 N–H and O–H groups in total. The zero-order valence-electron chi connectivity index (χ0n) is 84.1. The molecule has 150 heavy (non-hydrogen) atoms. The highest BCUT2D eigenvalue weighted by Gasteiger charge is 2.42. The van der Waals surface area contributed by atoms with E-state index < -0.39 is 337 Å². The monoisotopic (exact) mass is 2160 g/mol. The summed E-state index contributed by atoms with van der Waals surface area (Å²) in [5, 5.41) is 84.2. The Morgan fingerprint density at radius 3 is 1.42 bits per heavy atom. The minimum absolute atomic E-state index is 0.170. The number of aromatic amines is 1. The number of hydrogen-bond donors (Lipinski definition) is 26. The summed E-state index contributed by atoms with van der Waals surface area (Å²) in [6, 6.07) is -2.34. The van der Waals surface area contributed by atoms with E-state index in [-0.39, 0.29) is 37.9 Å². The van der Waals surface area contributed by atoms with Crippen LogP contribution in [-0.4, -0.2) is 315 Å². The highest BCUT2D eigenvalue weighted by Crippen LogP contribution is 2.28. The molecule has 53 heteroatoms. The number of primary amides is 1. The summed E-state index contributed by atoms with van der Waals surface area (Å²) in [6.07, 6.45) is -2.37. The summed E-state index contributed by atoms with van der Waals surface area (Å²) in [5.41, 5.74) is 8.02. The van der Waals surface area contributed by atoms with Gasteiger partial charge in [0.1, 0.15) is 108 Å². The van der Waals surface area contributed by atoms with Gasteiger partial charge in [-0.15, -0.1) is 0 Å². The fourth-order valence-corrected chi connectivity index (χ4v) is 20.1. The van der Waals surface area contributed by atoms with Crippen molar-refractivity contribution in [3.05, 3.63) is 138 Å². The molecule has 3 aliphatic heterocycles. The third-order valence-corrected chi connectivity index (χ3v) is 28.8. The van der Waals surface area contributed by atoms with Crippen molar-refractivity contribution in [2.24, 2.45) is 29.4 Å². The van der Waals surface area contributed by atoms with Crippen LogP contribution in [0, 0.1) is 23.7 Å². The first-order valence-electron chi connectivity index (χ1n) is 48.4. The molecule has 0 radical (unpaired) electrons. The average Bonchev–Trinajstić information content (AvgIpc) is 1.63. The minimum Gasteiger partial charge on any atom is -0.508 e. The number of phenolic OH excluding ortho intramolecular Hbond substituents is 1. The van der Waals surface area contributed by atoms with E-state index in [1.807, 2.05) is 0 Å². The summed E-state index contributed by atoms with van der Waals surface area (Å²) in [7, 11) is 2.72. The largest absolute Gasteiger partial charge is 0.508 e. The summed E-state index contributed by atoms with van der Waals surface area (Å²) in [5.74, 6) is -32.8. The van der Waals surface area contributed by atoms with Crippen molar-refractivity contribution >= 4 is 190 Å². The smallest absolute Gasteiger partial charge is 0.326 e. The molecule has 4 aromatic carbocycles. The average molecular weight is 2160 g/mol. The van der Waals surface area contributed by atoms with Crippen LogP contribution in [0.5, 0.6) is 5.75 Å². The van der Waals surface area contributed by atoms with Gasteiger partial charge in [0.15, 0.2) is 0 Å². The number of aromatic nitrogens is 1. The van der Waals surface area contributed by atoms with Crippen LogP contribution in [0.1, 0.15) is 117 Å². The third-order valence-electron chi connectivity index (χ3n) is 24.0. The van der Waals surface area contributed by atoms with E-state index in [4.69, 9.17) is 5.73 Å². The maximum absolute atomic E-state index is 15.6. The van der Waals surface area contributed by atoms with Gasteiger partial charge >= 0.3 is 5.97 Å². The highest BCUT2D eigenvalue weighted by molar-refractivity contribution is 8.77. The van der Waals surface area contributed by atoms with Crippen LogP contribution >= 0.6 is 43.2 Å². The van der Waals surface area contributed by atoms with Crippen LogP contribution in [0.2, 0.25) is 0 Å². The topological polar surface area (TPSA) is 748 Å². The van der Waals surface area contributed by atoms with Gasteiger partial charge in [-0.05, 0) is 84.4 Å². The Morgan fingerprint density at radius 2 is 0.847 bits per heavy atom. The lowest BCUT2D eigenvalue weighted by molar-refractivity contribution is -0.142. The van der Waals surface area contributed by atoms with E-state index >= 15 is 38.4 Å². The highest BCUT2D eigenvalue weighted by atomic mass is 33.1. The molecule has 4 bridgehead atoms. The molecule has 814 valence electrons. The number of fused-ring (bicyclic) bond motifs is 10. The van der Waals surface area contributed by atoms with Crippen LogP contribution in [0.15, 0.2) is 115 Å². The zero-order chi connectivity index (χ0) is 110. The van der Waals surface area contributed by atoms with Gasteiger partial charge in [-0.1, -0.05) is 196 Å². The second-order valence-corrected chi connectivity index (χ2v) is 42.3. The van der Waals surface area contributed by atoms with Gasteiger partial charge in [0.2, 0.25) is 130 Å². The van der Waals surface area contributed by atoms with Crippen LogP contribution in [0.4, 0.5) is 0 Å². The maximum atomic E-state index is 15.6. The van der Waals surface area contributed by atoms with Crippen LogP contribution in [-0.2, 0) is 136 Å². The molecule has 8 rings (SSSR count). The number of carboxylic acid groups (broad SMARTS) is 1. The number of carboxylic acids is 1. The molecule has 18 atom stereocenters. The number of aliphatic hydroxyl groups is 1. The third kappa shape index (κ3) is 38.8. The minimum atomic E-state index is -2.32. The van der Waals surface area contributed by atoms with Gasteiger partial charge in [0, 0.05) is 65.8 Å². The lowest BCUT2D eigenvalue weighted by Crippen LogP contribution is -2.62. The van der Waals surface area contributed by atoms with E-state index in [0.29, 0.717) is 54.7 Å². The lowest BCUT2D eigenvalue weighted by Gasteiger charge is -2.30. The van der Waals surface area contributed by atoms with E-state index in [1.165, 1.54) is 77.9 Å². The van der Waals surface area contributed by atoms with Crippen molar-refractivity contribution in [3.8, 4) is 5.75 Å². The molecule has 0 aliphatic carbocycles. The number of benzene rings is 4. The SMILES string of the molecule is CC[C@H](C)C1NC(=O)[C@H](C)NC(=O)[C@H](Cc2ccc(O)cc2)NC(=O)CNC(=O)C2CSSCC3NC(=O)CC(NC(=O)[C@H](CC(N)=O)NC(=O)C(CSSC[C@@H](C(=O)N[C@@H](Cc4ccccc4)C(=O)N[C@@H](Cc4c[nH]c5ccccc45)C(=O)O)NC(=O)[C@H](C(C)C)NC1=O)NC(=O)[C@H](CO)NC(=O)CNC(=O)[C@H](C(C)C)NC(=O)CNC(=O)[C@H](CC(C)C)NC3=O)C(=O)N[C@@H](Cc1ccccc1)C(=O)N[C@@H](C)C(=O)NCC(=O)N2. The number of H-pyrrole nitrogens is 1. The standard InChI is InChI=1S/C97H131N23O26S4/c1-11-50(8)80-96(144)119-79(49(6)7)95(143)117-71(93(141)112-63(32-54-22-16-13-17-23-54)87(135)115-66(97(145)146)34-56-37-99-59-25-19-18-24-58(56)59)46-150-149-45-70-92(140)113-64(35-72(98)123)88(136)114-65-36-73(124)108-69(91(139)110-60(30-47(2)3)83(131)101-41-77(128)118-78(48(4)5)94(142)103-40-75(126)107-67(42-121)90(138)116-70)44-148-147-43-68(109-76(127)38-100-81(129)51(9)104-86(134)62(111-89(65)137)31-53-20-14-12-15-21-53)84(132)102-39-74(125)106-61(33-55-26-28-57(122)29-27-55)85(133)105-52(10)82(130)120-80/h12-29,37,47-52,60-71,78-80,99,121-122H,11,30-36,38-46H2,1-10H3,(H2,98,123)(H,100,129)(H,101,131)(H,102,132)(H,103,142)(H,104,134)(H,105,133)(H,106,125)(H,107,126)(H,108,124)(H,109,127)(H,110,139)(H,111,137)(H,112,141)(H,113,140)(H,114,136)(H,115,135)(H,116,138)(H,117,143)(H,118,128)(H,119,144)(H,120,130)(H,145,146)/t50-,51-,52-,60-,61-,62-,63-,64-,65?,66-,67-,68?,69?,70?,71-,78-,79-,80?/m0/s1. The van der Waals surface area contributed by atoms with Gasteiger partial charge in [-0.25, -0.2) is 4.79 Å². The molecule has 49 nitrogen and oxygen atoms in total. The predicted octanol–water partition coefficient (Wildman–Crippen LogP) is -5.56. The molecule has 3 fully saturated rings. The maximum Gasteiger partial charge on any atom is 0.326 e. The Morgan fingerprint density at radius 1 is 0.400 bits per heavy atom. The van der Waals surface area contributed by atoms with Crippen molar-refractivity contribution in [3.63, 3.8) is 0 Å². The molecule has 1 aromatic heterocycles. The second-order valence-electron chi connectivity index (χ2n) is 37.2. The van der Waals surface area contributed by atoms with Crippen LogP contribution in [0.25, 0.3) is 10.9 Å². The van der Waals surface area contributed by atoms with Gasteiger partial charge in [0.05, 0.1) is 45.6 Å². The Kier molecular flexibility index (Phi) is 47.9. The number of carbonyl (C=O) groups is 23. The van der Waals surface area contributed by atoms with Crippen molar-refractivity contribution in [1.29, 1.82) is 0 Å². The molecule has 4 heterocycles. The number of aliphatic carboxylic acids is 1. The first-order chi connectivity index (χ1) is 71.2. The summed E-state index contributed by atoms with van der Waals surface area (Å²) in [4.78, 5) is 339. The van der Waals surface area contributed by atoms with Gasteiger partial charge in [-0.3, -0.25) is 105 Å². The number of nitrogens with two attached hydrogens (primary N) is 1. The van der Waals surface area contributed by atoms with E-state index in [0.717, 1.165) is 21.6 Å². The number of para-hydroxylation sites is 1. The predicted molar refractivity (Wildman–Crippen MR) is 552 cm³/mol. The van der Waals surface area contributed by atoms with E-state index in [1.54, 1.807) is 107 Å². The normalized spacial score (nSPS) is 24.8. The molecule has 3 saturated heterocycles. The Labute approximate surface area is 879 Å². The molecule has 5 aromatic rings. The number of phenols is 1. The number of nitrogens with one attached hydrogen (secondary N) is 22. The summed E-state index contributed by atoms with van der Waals surface area (Å²) in [6.45, 7) is 9.93. The molecule has 0 saturated carbocycles. The molecule has 5 unspecified atom stereocenters. The van der Waals surface area contributed by atoms with Crippen molar-refractivity contribution < 1.29 is 126 Å². The van der Waals surface area contributed by atoms with Crippen molar-refractivity contribution in [2.75, 3.05) is 55.8 Å². The number of hydrogen-bond acceptors (Lipinski definition) is 29. The molecular weight excluding hydrogens is 2030 g/mol. The van der Waals surface area contributed by atoms with Crippen LogP contribution in [0.3, 0.4) is 0 Å². The number of aromatic hydroxyl groups is 1. The number of carbonyl (C=O) groups excluding carboxylic acids is 22. The fourth-order valence-electron chi connectivity index (χ4n) is 15.4. The number of rotatable bonds is 22. The Bertz CT molecular complexity index is 5670. The Hall–Kier alpha value is -14.6. The first-order valence-corrected chi connectivity index (χ1v) is 53.4. The van der Waals surface area contributed by atoms with Gasteiger partial charge < -0.3 is 138 Å². The molecule has 22 amide bonds. The van der Waals surface area contributed by atoms with Crippen LogP contribution < -0.4 is 117 Å². The molecule has 0 spiro atoms. The second kappa shape index (κ2) is 59.5. The molecular formula is C97H131N23O26S4. The van der Waals surface area contributed by atoms with Gasteiger partial charge in [-0.2, -0.15) is 0 Å². The quantitative estimate of drug-likeness (QED) is 0.0287. The fraction of sp³-hybridized carbons (Fsp3) is 0.495.